The van der Waals surface area contributed by atoms with Crippen LogP contribution in [0.15, 0.2) is 58.3 Å². The Labute approximate surface area is 177 Å². The lowest BCUT2D eigenvalue weighted by Gasteiger charge is -2.23. The molecule has 1 amide bonds. The molecule has 1 unspecified atom stereocenters. The smallest absolute Gasteiger partial charge is 0.239 e. The molecule has 0 radical (unpaired) electrons. The molecule has 7 heteroatoms. The highest BCUT2D eigenvalue weighted by molar-refractivity contribution is 8.00. The normalized spacial score (nSPS) is 16.5. The highest BCUT2D eigenvalue weighted by Crippen LogP contribution is 2.35. The summed E-state index contributed by atoms with van der Waals surface area (Å²) in [6, 6.07) is 16.2. The van der Waals surface area contributed by atoms with Gasteiger partial charge in [0, 0.05) is 16.4 Å². The summed E-state index contributed by atoms with van der Waals surface area (Å²) in [5.41, 5.74) is 0.982. The van der Waals surface area contributed by atoms with Crippen LogP contribution >= 0.6 is 34.9 Å². The van der Waals surface area contributed by atoms with Crippen LogP contribution in [-0.4, -0.2) is 42.2 Å². The molecule has 2 aromatic carbocycles. The van der Waals surface area contributed by atoms with E-state index in [-0.39, 0.29) is 12.0 Å². The van der Waals surface area contributed by atoms with Crippen LogP contribution in [0.1, 0.15) is 12.8 Å². The molecule has 4 nitrogen and oxygen atoms in total. The van der Waals surface area contributed by atoms with Crippen molar-refractivity contribution in [1.82, 2.24) is 4.98 Å². The first-order chi connectivity index (χ1) is 13.7. The Kier molecular flexibility index (Phi) is 6.57. The summed E-state index contributed by atoms with van der Waals surface area (Å²) < 4.78 is 6.92. The summed E-state index contributed by atoms with van der Waals surface area (Å²) in [5, 5.41) is 0.769. The summed E-state index contributed by atoms with van der Waals surface area (Å²) in [5.74, 6) is 0.469. The number of hydrogen-bond acceptors (Lipinski definition) is 6. The number of para-hydroxylation sites is 1. The van der Waals surface area contributed by atoms with Gasteiger partial charge in [0.05, 0.1) is 28.6 Å². The molecule has 1 atom stereocenters. The number of aromatic nitrogens is 1. The number of carbonyl (C=O) groups excluding carboxylic acids is 1. The van der Waals surface area contributed by atoms with Crippen LogP contribution in [0.2, 0.25) is 0 Å². The SMILES string of the molecule is CSc1cccc2sc(N(CC3CCCO3)C(=O)CSc3ccccc3)nc12. The first-order valence-electron chi connectivity index (χ1n) is 9.28. The molecule has 0 N–H and O–H groups in total. The number of thiazole rings is 1. The Morgan fingerprint density at radius 3 is 2.86 bits per heavy atom. The maximum absolute atomic E-state index is 13.1. The number of benzene rings is 2. The Hall–Kier alpha value is -1.54. The molecule has 0 bridgehead atoms. The second-order valence-corrected chi connectivity index (χ2v) is 9.45. The minimum atomic E-state index is 0.0779. The molecule has 28 heavy (non-hydrogen) atoms. The number of hydrogen-bond donors (Lipinski definition) is 0. The molecule has 1 aliphatic heterocycles. The Bertz CT molecular complexity index is 939. The van der Waals surface area contributed by atoms with Gasteiger partial charge >= 0.3 is 0 Å². The van der Waals surface area contributed by atoms with Gasteiger partial charge in [-0.1, -0.05) is 35.6 Å². The van der Waals surface area contributed by atoms with E-state index in [1.165, 1.54) is 0 Å². The maximum atomic E-state index is 13.1. The summed E-state index contributed by atoms with van der Waals surface area (Å²) in [7, 11) is 0. The summed E-state index contributed by atoms with van der Waals surface area (Å²) in [6.07, 6.45) is 4.20. The predicted molar refractivity (Wildman–Crippen MR) is 120 cm³/mol. The fourth-order valence-corrected chi connectivity index (χ4v) is 5.65. The number of carbonyl (C=O) groups is 1. The van der Waals surface area contributed by atoms with Crippen molar-refractivity contribution in [1.29, 1.82) is 0 Å². The second kappa shape index (κ2) is 9.31. The van der Waals surface area contributed by atoms with Gasteiger partial charge in [0.15, 0.2) is 5.13 Å². The van der Waals surface area contributed by atoms with Crippen molar-refractivity contribution in [3.63, 3.8) is 0 Å². The summed E-state index contributed by atoms with van der Waals surface area (Å²) in [6.45, 7) is 1.35. The molecule has 1 saturated heterocycles. The molecule has 4 rings (SSSR count). The molecule has 3 aromatic rings. The molecule has 0 aliphatic carbocycles. The van der Waals surface area contributed by atoms with E-state index in [0.29, 0.717) is 12.3 Å². The van der Waals surface area contributed by atoms with Gasteiger partial charge in [-0.3, -0.25) is 9.69 Å². The number of anilines is 1. The molecule has 146 valence electrons. The minimum absolute atomic E-state index is 0.0779. The van der Waals surface area contributed by atoms with E-state index in [9.17, 15) is 4.79 Å². The zero-order valence-corrected chi connectivity index (χ0v) is 18.1. The zero-order chi connectivity index (χ0) is 19.3. The number of amides is 1. The number of fused-ring (bicyclic) bond motifs is 1. The van der Waals surface area contributed by atoms with Crippen molar-refractivity contribution >= 4 is 56.1 Å². The fourth-order valence-electron chi connectivity index (χ4n) is 3.21. The fraction of sp³-hybridized carbons (Fsp3) is 0.333. The van der Waals surface area contributed by atoms with Crippen LogP contribution in [0.5, 0.6) is 0 Å². The summed E-state index contributed by atoms with van der Waals surface area (Å²) in [4.78, 5) is 22.1. The van der Waals surface area contributed by atoms with Gasteiger partial charge in [0.1, 0.15) is 0 Å². The average molecular weight is 431 g/mol. The van der Waals surface area contributed by atoms with E-state index < -0.39 is 0 Å². The van der Waals surface area contributed by atoms with Crippen LogP contribution in [0, 0.1) is 0 Å². The van der Waals surface area contributed by atoms with E-state index in [1.807, 2.05) is 41.3 Å². The zero-order valence-electron chi connectivity index (χ0n) is 15.7. The number of nitrogens with zero attached hydrogens (tertiary/aromatic N) is 2. The van der Waals surface area contributed by atoms with Gasteiger partial charge in [0.2, 0.25) is 5.91 Å². The lowest BCUT2D eigenvalue weighted by molar-refractivity contribution is -0.116. The van der Waals surface area contributed by atoms with Gasteiger partial charge in [-0.05, 0) is 43.4 Å². The van der Waals surface area contributed by atoms with Crippen LogP contribution < -0.4 is 4.90 Å². The first kappa shape index (κ1) is 19.8. The Morgan fingerprint density at radius 2 is 2.11 bits per heavy atom. The van der Waals surface area contributed by atoms with Crippen molar-refractivity contribution in [2.45, 2.75) is 28.7 Å². The second-order valence-electron chi connectivity index (χ2n) is 6.54. The van der Waals surface area contributed by atoms with Crippen molar-refractivity contribution in [2.24, 2.45) is 0 Å². The van der Waals surface area contributed by atoms with E-state index in [0.717, 1.165) is 44.6 Å². The third kappa shape index (κ3) is 4.54. The largest absolute Gasteiger partial charge is 0.376 e. The van der Waals surface area contributed by atoms with Crippen LogP contribution in [-0.2, 0) is 9.53 Å². The maximum Gasteiger partial charge on any atom is 0.239 e. The molecule has 1 aliphatic rings. The molecule has 0 spiro atoms. The van der Waals surface area contributed by atoms with Gasteiger partial charge in [0.25, 0.3) is 0 Å². The molecular formula is C21H22N2O2S3. The topological polar surface area (TPSA) is 42.4 Å². The minimum Gasteiger partial charge on any atom is -0.376 e. The van der Waals surface area contributed by atoms with Gasteiger partial charge in [-0.15, -0.1) is 23.5 Å². The number of rotatable bonds is 7. The Morgan fingerprint density at radius 1 is 1.25 bits per heavy atom. The third-order valence-electron chi connectivity index (χ3n) is 4.64. The predicted octanol–water partition coefficient (Wildman–Crippen LogP) is 5.32. The molecule has 2 heterocycles. The van der Waals surface area contributed by atoms with Crippen LogP contribution in [0.25, 0.3) is 10.2 Å². The first-order valence-corrected chi connectivity index (χ1v) is 12.3. The van der Waals surface area contributed by atoms with E-state index in [2.05, 4.69) is 18.4 Å². The van der Waals surface area contributed by atoms with Crippen molar-refractivity contribution in [2.75, 3.05) is 30.1 Å². The van der Waals surface area contributed by atoms with Crippen molar-refractivity contribution in [3.8, 4) is 0 Å². The lowest BCUT2D eigenvalue weighted by atomic mass is 10.2. The van der Waals surface area contributed by atoms with Crippen molar-refractivity contribution in [3.05, 3.63) is 48.5 Å². The highest BCUT2D eigenvalue weighted by Gasteiger charge is 2.26. The number of ether oxygens (including phenoxy) is 1. The molecule has 1 aromatic heterocycles. The van der Waals surface area contributed by atoms with Crippen LogP contribution in [0.3, 0.4) is 0 Å². The van der Waals surface area contributed by atoms with E-state index >= 15 is 0 Å². The van der Waals surface area contributed by atoms with E-state index in [4.69, 9.17) is 9.72 Å². The van der Waals surface area contributed by atoms with E-state index in [1.54, 1.807) is 34.9 Å². The molecule has 1 fully saturated rings. The standard InChI is InChI=1S/C21H22N2O2S3/c1-26-17-10-5-11-18-20(17)22-21(28-18)23(13-15-7-6-12-25-15)19(24)14-27-16-8-3-2-4-9-16/h2-5,8-11,15H,6-7,12-14H2,1H3. The third-order valence-corrected chi connectivity index (χ3v) is 7.45. The van der Waals surface area contributed by atoms with Gasteiger partial charge < -0.3 is 4.74 Å². The Balaban J connectivity index is 1.58. The quantitative estimate of drug-likeness (QED) is 0.475. The number of thioether (sulfide) groups is 2. The molecule has 0 saturated carbocycles. The van der Waals surface area contributed by atoms with Gasteiger partial charge in [-0.2, -0.15) is 0 Å². The van der Waals surface area contributed by atoms with Crippen LogP contribution in [0.4, 0.5) is 5.13 Å². The molecular weight excluding hydrogens is 408 g/mol. The van der Waals surface area contributed by atoms with Crippen molar-refractivity contribution < 1.29 is 9.53 Å². The summed E-state index contributed by atoms with van der Waals surface area (Å²) >= 11 is 4.83. The highest BCUT2D eigenvalue weighted by atomic mass is 32.2. The lowest BCUT2D eigenvalue weighted by Crippen LogP contribution is -2.38. The van der Waals surface area contributed by atoms with Gasteiger partial charge in [-0.25, -0.2) is 4.98 Å². The average Bonchev–Trinajstić information content (AvgIpc) is 3.40. The monoisotopic (exact) mass is 430 g/mol.